The van der Waals surface area contributed by atoms with Crippen LogP contribution in [0.5, 0.6) is 0 Å². The fraction of sp³-hybridized carbons (Fsp3) is 0.333. The predicted octanol–water partition coefficient (Wildman–Crippen LogP) is 4.37. The standard InChI is InChI=1S/C15H16BrClN2O/c1-15(2,3)13-8-12(14(17)20)19(18-13)9-10-6-4-5-7-11(10)16/h4-8H,9H2,1-3H3. The van der Waals surface area contributed by atoms with Crippen LogP contribution < -0.4 is 0 Å². The van der Waals surface area contributed by atoms with Crippen molar-refractivity contribution in [2.24, 2.45) is 0 Å². The zero-order valence-electron chi connectivity index (χ0n) is 11.7. The first-order valence-corrected chi connectivity index (χ1v) is 7.47. The van der Waals surface area contributed by atoms with Gasteiger partial charge in [-0.25, -0.2) is 0 Å². The van der Waals surface area contributed by atoms with E-state index in [0.29, 0.717) is 12.2 Å². The minimum atomic E-state index is -0.486. The van der Waals surface area contributed by atoms with Gasteiger partial charge in [-0.1, -0.05) is 54.9 Å². The van der Waals surface area contributed by atoms with Crippen molar-refractivity contribution in [2.45, 2.75) is 32.7 Å². The summed E-state index contributed by atoms with van der Waals surface area (Å²) in [5, 5.41) is 4.04. The minimum absolute atomic E-state index is 0.125. The van der Waals surface area contributed by atoms with Gasteiger partial charge in [-0.15, -0.1) is 0 Å². The predicted molar refractivity (Wildman–Crippen MR) is 84.4 cm³/mol. The average molecular weight is 356 g/mol. The molecule has 0 amide bonds. The van der Waals surface area contributed by atoms with Gasteiger partial charge in [-0.3, -0.25) is 9.48 Å². The lowest BCUT2D eigenvalue weighted by Crippen LogP contribution is -2.13. The molecule has 0 unspecified atom stereocenters. The Balaban J connectivity index is 2.43. The third-order valence-electron chi connectivity index (χ3n) is 3.03. The summed E-state index contributed by atoms with van der Waals surface area (Å²) in [4.78, 5) is 11.6. The number of carbonyl (C=O) groups excluding carboxylic acids is 1. The number of hydrogen-bond acceptors (Lipinski definition) is 2. The van der Waals surface area contributed by atoms with E-state index in [9.17, 15) is 4.79 Å². The van der Waals surface area contributed by atoms with E-state index < -0.39 is 5.24 Å². The first kappa shape index (κ1) is 15.3. The van der Waals surface area contributed by atoms with E-state index >= 15 is 0 Å². The first-order valence-electron chi connectivity index (χ1n) is 6.30. The molecule has 0 atom stereocenters. The Morgan fingerprint density at radius 1 is 1.35 bits per heavy atom. The second-order valence-electron chi connectivity index (χ2n) is 5.69. The molecule has 5 heteroatoms. The van der Waals surface area contributed by atoms with E-state index in [1.165, 1.54) is 0 Å². The first-order chi connectivity index (χ1) is 9.29. The fourth-order valence-corrected chi connectivity index (χ4v) is 2.41. The number of aromatic nitrogens is 2. The number of hydrogen-bond donors (Lipinski definition) is 0. The number of nitrogens with zero attached hydrogens (tertiary/aromatic N) is 2. The van der Waals surface area contributed by atoms with Crippen molar-refractivity contribution >= 4 is 32.8 Å². The molecular weight excluding hydrogens is 340 g/mol. The molecule has 0 saturated carbocycles. The van der Waals surface area contributed by atoms with Crippen LogP contribution in [0, 0.1) is 0 Å². The zero-order valence-corrected chi connectivity index (χ0v) is 14.0. The molecule has 0 fully saturated rings. The van der Waals surface area contributed by atoms with Crippen molar-refractivity contribution < 1.29 is 4.79 Å². The van der Waals surface area contributed by atoms with E-state index in [1.54, 1.807) is 10.7 Å². The second kappa shape index (κ2) is 5.70. The lowest BCUT2D eigenvalue weighted by atomic mass is 9.92. The second-order valence-corrected chi connectivity index (χ2v) is 6.89. The van der Waals surface area contributed by atoms with Crippen LogP contribution in [0.25, 0.3) is 0 Å². The van der Waals surface area contributed by atoms with Gasteiger partial charge in [0.25, 0.3) is 5.24 Å². The zero-order chi connectivity index (χ0) is 14.9. The molecule has 0 bridgehead atoms. The maximum atomic E-state index is 11.6. The van der Waals surface area contributed by atoms with Crippen molar-refractivity contribution in [1.29, 1.82) is 0 Å². The van der Waals surface area contributed by atoms with E-state index in [4.69, 9.17) is 11.6 Å². The van der Waals surface area contributed by atoms with Gasteiger partial charge in [0.2, 0.25) is 0 Å². The summed E-state index contributed by atoms with van der Waals surface area (Å²) < 4.78 is 2.65. The van der Waals surface area contributed by atoms with E-state index in [2.05, 4.69) is 41.8 Å². The Morgan fingerprint density at radius 2 is 2.00 bits per heavy atom. The van der Waals surface area contributed by atoms with Crippen LogP contribution in [0.4, 0.5) is 0 Å². The van der Waals surface area contributed by atoms with Gasteiger partial charge in [0, 0.05) is 9.89 Å². The van der Waals surface area contributed by atoms with Gasteiger partial charge in [0.05, 0.1) is 12.2 Å². The third-order valence-corrected chi connectivity index (χ3v) is 3.99. The molecule has 1 aromatic carbocycles. The summed E-state index contributed by atoms with van der Waals surface area (Å²) in [5.41, 5.74) is 2.21. The molecule has 0 spiro atoms. The molecule has 0 aliphatic heterocycles. The molecule has 0 saturated heterocycles. The van der Waals surface area contributed by atoms with Gasteiger partial charge in [-0.2, -0.15) is 5.10 Å². The molecule has 0 N–H and O–H groups in total. The van der Waals surface area contributed by atoms with Crippen LogP contribution >= 0.6 is 27.5 Å². The molecule has 0 aliphatic rings. The highest BCUT2D eigenvalue weighted by atomic mass is 79.9. The highest BCUT2D eigenvalue weighted by Crippen LogP contribution is 2.24. The van der Waals surface area contributed by atoms with E-state index in [0.717, 1.165) is 15.7 Å². The van der Waals surface area contributed by atoms with Gasteiger partial charge in [0.1, 0.15) is 5.69 Å². The highest BCUT2D eigenvalue weighted by molar-refractivity contribution is 9.10. The molecule has 2 rings (SSSR count). The smallest absolute Gasteiger partial charge is 0.270 e. The quantitative estimate of drug-likeness (QED) is 0.766. The van der Waals surface area contributed by atoms with Crippen molar-refractivity contribution in [3.05, 3.63) is 51.8 Å². The van der Waals surface area contributed by atoms with Crippen LogP contribution in [0.3, 0.4) is 0 Å². The van der Waals surface area contributed by atoms with Crippen molar-refractivity contribution in [3.8, 4) is 0 Å². The van der Waals surface area contributed by atoms with Gasteiger partial charge >= 0.3 is 0 Å². The Kier molecular flexibility index (Phi) is 4.35. The summed E-state index contributed by atoms with van der Waals surface area (Å²) in [5.74, 6) is 0. The molecule has 2 aromatic rings. The molecule has 1 heterocycles. The van der Waals surface area contributed by atoms with Crippen molar-refractivity contribution in [2.75, 3.05) is 0 Å². The summed E-state index contributed by atoms with van der Waals surface area (Å²) >= 11 is 9.17. The Morgan fingerprint density at radius 3 is 2.55 bits per heavy atom. The molecule has 20 heavy (non-hydrogen) atoms. The molecular formula is C15H16BrClN2O. The Hall–Kier alpha value is -1.13. The fourth-order valence-electron chi connectivity index (χ4n) is 1.85. The maximum absolute atomic E-state index is 11.6. The number of halogens is 2. The van der Waals surface area contributed by atoms with E-state index in [1.807, 2.05) is 24.3 Å². The Bertz CT molecular complexity index is 644. The van der Waals surface area contributed by atoms with Crippen LogP contribution in [0.15, 0.2) is 34.8 Å². The topological polar surface area (TPSA) is 34.9 Å². The monoisotopic (exact) mass is 354 g/mol. The molecule has 0 radical (unpaired) electrons. The van der Waals surface area contributed by atoms with E-state index in [-0.39, 0.29) is 5.41 Å². The summed E-state index contributed by atoms with van der Waals surface area (Å²) in [6.07, 6.45) is 0. The number of carbonyl (C=O) groups is 1. The summed E-state index contributed by atoms with van der Waals surface area (Å²) in [7, 11) is 0. The van der Waals surface area contributed by atoms with Gasteiger partial charge < -0.3 is 0 Å². The van der Waals surface area contributed by atoms with Crippen LogP contribution in [0.1, 0.15) is 42.5 Å². The third kappa shape index (κ3) is 3.30. The van der Waals surface area contributed by atoms with Crippen molar-refractivity contribution in [1.82, 2.24) is 9.78 Å². The Labute approximate surface area is 132 Å². The number of rotatable bonds is 3. The van der Waals surface area contributed by atoms with Gasteiger partial charge in [0.15, 0.2) is 0 Å². The van der Waals surface area contributed by atoms with Gasteiger partial charge in [-0.05, 0) is 29.3 Å². The molecule has 3 nitrogen and oxygen atoms in total. The molecule has 0 aliphatic carbocycles. The lowest BCUT2D eigenvalue weighted by molar-refractivity contribution is 0.107. The minimum Gasteiger partial charge on any atom is -0.274 e. The lowest BCUT2D eigenvalue weighted by Gasteiger charge is -2.14. The summed E-state index contributed by atoms with van der Waals surface area (Å²) in [6.45, 7) is 6.67. The molecule has 106 valence electrons. The SMILES string of the molecule is CC(C)(C)c1cc(C(=O)Cl)n(Cc2ccccc2Br)n1. The maximum Gasteiger partial charge on any atom is 0.270 e. The van der Waals surface area contributed by atoms with Crippen molar-refractivity contribution in [3.63, 3.8) is 0 Å². The molecule has 1 aromatic heterocycles. The normalized spacial score (nSPS) is 11.7. The highest BCUT2D eigenvalue weighted by Gasteiger charge is 2.22. The number of benzene rings is 1. The van der Waals surface area contributed by atoms with Crippen LogP contribution in [-0.4, -0.2) is 15.0 Å². The average Bonchev–Trinajstić information content (AvgIpc) is 2.76. The van der Waals surface area contributed by atoms with Crippen LogP contribution in [-0.2, 0) is 12.0 Å². The largest absolute Gasteiger partial charge is 0.274 e. The van der Waals surface area contributed by atoms with Crippen LogP contribution in [0.2, 0.25) is 0 Å². The summed E-state index contributed by atoms with van der Waals surface area (Å²) in [6, 6.07) is 9.63.